The summed E-state index contributed by atoms with van der Waals surface area (Å²) in [7, 11) is 7.45. The Hall–Kier alpha value is -2.70. The Morgan fingerprint density at radius 2 is 0.882 bits per heavy atom. The lowest BCUT2D eigenvalue weighted by Crippen LogP contribution is -2.43. The first-order valence-electron chi connectivity index (χ1n) is 11.9. The van der Waals surface area contributed by atoms with E-state index < -0.39 is 24.3 Å². The molecule has 0 fully saturated rings. The van der Waals surface area contributed by atoms with Crippen LogP contribution in [0, 0.1) is 11.8 Å². The topological polar surface area (TPSA) is 59.1 Å². The molecule has 0 aliphatic heterocycles. The molecule has 2 rings (SSSR count). The molecule has 0 saturated carbocycles. The molecule has 6 nitrogen and oxygen atoms in total. The summed E-state index contributed by atoms with van der Waals surface area (Å²) in [6, 6.07) is 18.1. The predicted molar refractivity (Wildman–Crippen MR) is 135 cm³/mol. The Balaban J connectivity index is 2.54. The van der Waals surface area contributed by atoms with Crippen molar-refractivity contribution in [3.63, 3.8) is 0 Å². The van der Waals surface area contributed by atoms with Gasteiger partial charge in [0, 0.05) is 0 Å². The molecule has 0 saturated heterocycles. The molecule has 0 heterocycles. The molecule has 0 radical (unpaired) electrons. The molecule has 0 spiro atoms. The summed E-state index contributed by atoms with van der Waals surface area (Å²) in [4.78, 5) is 30.5. The number of likely N-dealkylation sites (N-methyl/N-ethyl adjacent to an activating group) is 2. The van der Waals surface area contributed by atoms with Crippen molar-refractivity contribution in [2.45, 2.75) is 52.0 Å². The highest BCUT2D eigenvalue weighted by Gasteiger charge is 2.37. The zero-order chi connectivity index (χ0) is 25.4. The van der Waals surface area contributed by atoms with Crippen LogP contribution in [0.2, 0.25) is 0 Å². The van der Waals surface area contributed by atoms with E-state index in [1.807, 2.05) is 126 Å². The first kappa shape index (κ1) is 27.5. The standard InChI is InChI=1S/C28H40N2O4/c1-19(2)23(29(5)6)27(31)33-25(21-15-11-9-12-16-21)26(22-17-13-10-14-18-22)34-28(32)24(20(3)4)30(7)8/h9-20,23-26H,1-8H3/t23-,24-,25+,26+/m1/s1. The van der Waals surface area contributed by atoms with Gasteiger partial charge in [0.2, 0.25) is 0 Å². The summed E-state index contributed by atoms with van der Waals surface area (Å²) in [6.45, 7) is 7.95. The van der Waals surface area contributed by atoms with Crippen LogP contribution in [-0.2, 0) is 19.1 Å². The van der Waals surface area contributed by atoms with Gasteiger partial charge < -0.3 is 9.47 Å². The van der Waals surface area contributed by atoms with Gasteiger partial charge in [-0.3, -0.25) is 19.4 Å². The summed E-state index contributed by atoms with van der Waals surface area (Å²) in [6.07, 6.45) is -1.59. The van der Waals surface area contributed by atoms with Crippen molar-refractivity contribution in [3.8, 4) is 0 Å². The van der Waals surface area contributed by atoms with Crippen LogP contribution in [0.1, 0.15) is 51.0 Å². The molecule has 0 N–H and O–H groups in total. The van der Waals surface area contributed by atoms with Crippen LogP contribution < -0.4 is 0 Å². The minimum Gasteiger partial charge on any atom is -0.452 e. The highest BCUT2D eigenvalue weighted by Crippen LogP contribution is 2.37. The van der Waals surface area contributed by atoms with Crippen molar-refractivity contribution in [2.75, 3.05) is 28.2 Å². The number of benzene rings is 2. The maximum absolute atomic E-state index is 13.4. The van der Waals surface area contributed by atoms with Crippen LogP contribution in [0.25, 0.3) is 0 Å². The van der Waals surface area contributed by atoms with Crippen LogP contribution >= 0.6 is 0 Å². The molecular weight excluding hydrogens is 428 g/mol. The number of rotatable bonds is 11. The lowest BCUT2D eigenvalue weighted by atomic mass is 9.96. The average Bonchev–Trinajstić information content (AvgIpc) is 2.76. The molecule has 2 aromatic rings. The highest BCUT2D eigenvalue weighted by atomic mass is 16.6. The van der Waals surface area contributed by atoms with Crippen LogP contribution in [0.5, 0.6) is 0 Å². The van der Waals surface area contributed by atoms with Gasteiger partial charge in [0.1, 0.15) is 12.1 Å². The monoisotopic (exact) mass is 468 g/mol. The van der Waals surface area contributed by atoms with E-state index in [-0.39, 0.29) is 23.8 Å². The SMILES string of the molecule is CC(C)[C@H](C(=O)O[C@@H](c1ccccc1)[C@@H](OC(=O)[C@@H](C(C)C)N(C)C)c1ccccc1)N(C)C. The second kappa shape index (κ2) is 12.7. The fourth-order valence-electron chi connectivity index (χ4n) is 4.44. The van der Waals surface area contributed by atoms with Crippen molar-refractivity contribution < 1.29 is 19.1 Å². The molecule has 0 aromatic heterocycles. The Morgan fingerprint density at radius 1 is 0.588 bits per heavy atom. The van der Waals surface area contributed by atoms with E-state index in [4.69, 9.17) is 9.47 Å². The number of nitrogens with zero attached hydrogens (tertiary/aromatic N) is 2. The molecule has 186 valence electrons. The largest absolute Gasteiger partial charge is 0.452 e. The van der Waals surface area contributed by atoms with Crippen molar-refractivity contribution >= 4 is 11.9 Å². The fraction of sp³-hybridized carbons (Fsp3) is 0.500. The lowest BCUT2D eigenvalue weighted by Gasteiger charge is -2.34. The molecule has 0 amide bonds. The minimum absolute atomic E-state index is 0.0516. The zero-order valence-electron chi connectivity index (χ0n) is 21.8. The van der Waals surface area contributed by atoms with E-state index in [9.17, 15) is 9.59 Å². The summed E-state index contributed by atoms with van der Waals surface area (Å²) >= 11 is 0. The van der Waals surface area contributed by atoms with Crippen LogP contribution in [0.15, 0.2) is 60.7 Å². The van der Waals surface area contributed by atoms with E-state index in [0.717, 1.165) is 11.1 Å². The quantitative estimate of drug-likeness (QED) is 0.445. The third kappa shape index (κ3) is 7.15. The number of ether oxygens (including phenoxy) is 2. The molecule has 4 atom stereocenters. The van der Waals surface area contributed by atoms with Crippen LogP contribution in [0.4, 0.5) is 0 Å². The Labute approximate surface area is 204 Å². The molecule has 0 aliphatic rings. The fourth-order valence-corrected chi connectivity index (χ4v) is 4.44. The Morgan fingerprint density at radius 3 is 1.12 bits per heavy atom. The van der Waals surface area contributed by atoms with E-state index in [1.54, 1.807) is 0 Å². The summed E-state index contributed by atoms with van der Waals surface area (Å²) in [5.41, 5.74) is 1.54. The molecule has 2 aromatic carbocycles. The third-order valence-corrected chi connectivity index (χ3v) is 5.88. The smallest absolute Gasteiger partial charge is 0.324 e. The maximum atomic E-state index is 13.4. The Bertz CT molecular complexity index is 806. The van der Waals surface area contributed by atoms with Crippen molar-refractivity contribution in [1.29, 1.82) is 0 Å². The highest BCUT2D eigenvalue weighted by molar-refractivity contribution is 5.77. The maximum Gasteiger partial charge on any atom is 0.324 e. The van der Waals surface area contributed by atoms with Gasteiger partial charge in [-0.15, -0.1) is 0 Å². The van der Waals surface area contributed by atoms with Crippen LogP contribution in [-0.4, -0.2) is 62.0 Å². The molecule has 6 heteroatoms. The normalized spacial score (nSPS) is 15.3. The summed E-state index contributed by atoms with van der Waals surface area (Å²) < 4.78 is 12.3. The van der Waals surface area contributed by atoms with E-state index in [0.29, 0.717) is 0 Å². The predicted octanol–water partition coefficient (Wildman–Crippen LogP) is 4.73. The summed E-state index contributed by atoms with van der Waals surface area (Å²) in [5.74, 6) is -0.593. The molecular formula is C28H40N2O4. The second-order valence-corrected chi connectivity index (χ2v) is 9.84. The minimum atomic E-state index is -0.795. The van der Waals surface area contributed by atoms with Crippen molar-refractivity contribution in [3.05, 3.63) is 71.8 Å². The molecule has 0 unspecified atom stereocenters. The number of esters is 2. The number of carbonyl (C=O) groups excluding carboxylic acids is 2. The van der Waals surface area contributed by atoms with Gasteiger partial charge in [-0.05, 0) is 51.2 Å². The van der Waals surface area contributed by atoms with E-state index in [1.165, 1.54) is 0 Å². The zero-order valence-corrected chi connectivity index (χ0v) is 21.8. The van der Waals surface area contributed by atoms with Crippen molar-refractivity contribution in [1.82, 2.24) is 9.80 Å². The molecule has 34 heavy (non-hydrogen) atoms. The summed E-state index contributed by atoms with van der Waals surface area (Å²) in [5, 5.41) is 0. The van der Waals surface area contributed by atoms with E-state index in [2.05, 4.69) is 0 Å². The second-order valence-electron chi connectivity index (χ2n) is 9.84. The average molecular weight is 469 g/mol. The van der Waals surface area contributed by atoms with Crippen molar-refractivity contribution in [2.24, 2.45) is 11.8 Å². The first-order chi connectivity index (χ1) is 16.0. The van der Waals surface area contributed by atoms with Gasteiger partial charge in [0.15, 0.2) is 12.2 Å². The van der Waals surface area contributed by atoms with Gasteiger partial charge in [-0.25, -0.2) is 0 Å². The lowest BCUT2D eigenvalue weighted by molar-refractivity contribution is -0.177. The van der Waals surface area contributed by atoms with Gasteiger partial charge in [0.05, 0.1) is 0 Å². The van der Waals surface area contributed by atoms with Gasteiger partial charge in [-0.2, -0.15) is 0 Å². The molecule has 0 bridgehead atoms. The molecule has 0 aliphatic carbocycles. The Kier molecular flexibility index (Phi) is 10.3. The number of hydrogen-bond acceptors (Lipinski definition) is 6. The third-order valence-electron chi connectivity index (χ3n) is 5.88. The first-order valence-corrected chi connectivity index (χ1v) is 11.9. The number of hydrogen-bond donors (Lipinski definition) is 0. The van der Waals surface area contributed by atoms with E-state index >= 15 is 0 Å². The van der Waals surface area contributed by atoms with Crippen LogP contribution in [0.3, 0.4) is 0 Å². The van der Waals surface area contributed by atoms with Gasteiger partial charge in [-0.1, -0.05) is 88.4 Å². The van der Waals surface area contributed by atoms with Gasteiger partial charge >= 0.3 is 11.9 Å². The number of carbonyl (C=O) groups is 2. The van der Waals surface area contributed by atoms with Gasteiger partial charge in [0.25, 0.3) is 0 Å².